The van der Waals surface area contributed by atoms with E-state index in [0.717, 1.165) is 17.1 Å². The molecule has 3 aromatic rings. The number of amides is 2. The Kier molecular flexibility index (Phi) is 5.90. The van der Waals surface area contributed by atoms with Crippen molar-refractivity contribution in [3.8, 4) is 5.69 Å². The quantitative estimate of drug-likeness (QED) is 0.307. The van der Waals surface area contributed by atoms with Crippen molar-refractivity contribution in [3.63, 3.8) is 0 Å². The number of thiocarbonyl (C=S) groups is 1. The Morgan fingerprint density at radius 1 is 1.03 bits per heavy atom. The van der Waals surface area contributed by atoms with E-state index < -0.39 is 11.8 Å². The van der Waals surface area contributed by atoms with Gasteiger partial charge in [0.05, 0.1) is 10.7 Å². The van der Waals surface area contributed by atoms with Crippen LogP contribution in [0.1, 0.15) is 17.0 Å². The van der Waals surface area contributed by atoms with Gasteiger partial charge in [-0.1, -0.05) is 23.2 Å². The maximum Gasteiger partial charge on any atom is 0.270 e. The lowest BCUT2D eigenvalue weighted by molar-refractivity contribution is -0.122. The summed E-state index contributed by atoms with van der Waals surface area (Å²) in [6.07, 6.45) is 1.51. The summed E-state index contributed by atoms with van der Waals surface area (Å²) in [6.45, 7) is 3.74. The van der Waals surface area contributed by atoms with Gasteiger partial charge in [-0.15, -0.1) is 0 Å². The average Bonchev–Trinajstić information content (AvgIpc) is 3.00. The van der Waals surface area contributed by atoms with Gasteiger partial charge < -0.3 is 4.57 Å². The first-order chi connectivity index (χ1) is 15.2. The summed E-state index contributed by atoms with van der Waals surface area (Å²) in [6, 6.07) is 12.5. The summed E-state index contributed by atoms with van der Waals surface area (Å²) in [7, 11) is 0. The standard InChI is InChI=1S/C23H16Cl2FN3O2S/c1-12-9-14(13(2)28(12)17-6-4-16(26)5-7-17)10-18-21(30)27-23(32)29(22(18)31)20-8-3-15(24)11-19(20)25/h3-11H,1-2H3,(H,27,30,32)/b18-10-. The zero-order chi connectivity index (χ0) is 23.2. The Morgan fingerprint density at radius 2 is 1.72 bits per heavy atom. The second-order valence-electron chi connectivity index (χ2n) is 7.19. The molecule has 0 atom stereocenters. The molecule has 1 saturated heterocycles. The van der Waals surface area contributed by atoms with Crippen LogP contribution in [0.25, 0.3) is 11.8 Å². The van der Waals surface area contributed by atoms with Gasteiger partial charge in [0.2, 0.25) is 0 Å². The molecule has 1 aliphatic heterocycles. The summed E-state index contributed by atoms with van der Waals surface area (Å²) in [4.78, 5) is 27.1. The van der Waals surface area contributed by atoms with Crippen molar-refractivity contribution in [2.24, 2.45) is 0 Å². The van der Waals surface area contributed by atoms with Crippen molar-refractivity contribution in [2.75, 3.05) is 4.90 Å². The molecule has 2 amide bonds. The highest BCUT2D eigenvalue weighted by Gasteiger charge is 2.35. The number of hydrogen-bond acceptors (Lipinski definition) is 3. The second-order valence-corrected chi connectivity index (χ2v) is 8.42. The fourth-order valence-electron chi connectivity index (χ4n) is 3.62. The van der Waals surface area contributed by atoms with Gasteiger partial charge in [-0.3, -0.25) is 19.8 Å². The molecular weight excluding hydrogens is 472 g/mol. The molecule has 0 bridgehead atoms. The van der Waals surface area contributed by atoms with Gasteiger partial charge in [-0.05, 0) is 86.2 Å². The highest BCUT2D eigenvalue weighted by atomic mass is 35.5. The van der Waals surface area contributed by atoms with Crippen molar-refractivity contribution in [1.29, 1.82) is 0 Å². The Balaban J connectivity index is 1.77. The molecule has 1 aromatic heterocycles. The van der Waals surface area contributed by atoms with Gasteiger partial charge in [-0.2, -0.15) is 0 Å². The summed E-state index contributed by atoms with van der Waals surface area (Å²) >= 11 is 17.4. The first kappa shape index (κ1) is 22.2. The molecule has 5 nitrogen and oxygen atoms in total. The molecule has 0 unspecified atom stereocenters. The third-order valence-electron chi connectivity index (χ3n) is 5.11. The highest BCUT2D eigenvalue weighted by molar-refractivity contribution is 7.80. The molecule has 0 spiro atoms. The van der Waals surface area contributed by atoms with E-state index in [0.29, 0.717) is 16.3 Å². The number of carbonyl (C=O) groups excluding carboxylic acids is 2. The predicted molar refractivity (Wildman–Crippen MR) is 128 cm³/mol. The molecule has 1 fully saturated rings. The van der Waals surface area contributed by atoms with Gasteiger partial charge >= 0.3 is 0 Å². The van der Waals surface area contributed by atoms with E-state index in [2.05, 4.69) is 5.32 Å². The monoisotopic (exact) mass is 487 g/mol. The van der Waals surface area contributed by atoms with E-state index in [1.54, 1.807) is 24.3 Å². The number of rotatable bonds is 3. The van der Waals surface area contributed by atoms with Crippen LogP contribution in [-0.4, -0.2) is 21.5 Å². The van der Waals surface area contributed by atoms with E-state index in [1.807, 2.05) is 24.5 Å². The predicted octanol–water partition coefficient (Wildman–Crippen LogP) is 5.37. The largest absolute Gasteiger partial charge is 0.318 e. The summed E-state index contributed by atoms with van der Waals surface area (Å²) in [5.74, 6) is -1.54. The van der Waals surface area contributed by atoms with Gasteiger partial charge in [0.25, 0.3) is 11.8 Å². The van der Waals surface area contributed by atoms with Gasteiger partial charge in [0, 0.05) is 22.1 Å². The third-order valence-corrected chi connectivity index (χ3v) is 5.93. The van der Waals surface area contributed by atoms with E-state index in [9.17, 15) is 14.0 Å². The molecule has 0 aliphatic carbocycles. The SMILES string of the molecule is Cc1cc(/C=C2/C(=O)NC(=S)N(c3ccc(Cl)cc3Cl)C2=O)c(C)n1-c1ccc(F)cc1. The Hall–Kier alpha value is -3.00. The van der Waals surface area contributed by atoms with Crippen LogP contribution in [0.2, 0.25) is 10.0 Å². The minimum Gasteiger partial charge on any atom is -0.318 e. The Labute approximate surface area is 199 Å². The number of nitrogens with zero attached hydrogens (tertiary/aromatic N) is 2. The van der Waals surface area contributed by atoms with Crippen molar-refractivity contribution in [2.45, 2.75) is 13.8 Å². The lowest BCUT2D eigenvalue weighted by atomic mass is 10.1. The molecule has 0 saturated carbocycles. The summed E-state index contributed by atoms with van der Waals surface area (Å²) in [5.41, 5.74) is 3.29. The molecule has 2 aromatic carbocycles. The molecule has 4 rings (SSSR count). The fourth-order valence-corrected chi connectivity index (χ4v) is 4.38. The summed E-state index contributed by atoms with van der Waals surface area (Å²) in [5, 5.41) is 3.09. The van der Waals surface area contributed by atoms with E-state index in [1.165, 1.54) is 29.2 Å². The van der Waals surface area contributed by atoms with Crippen LogP contribution in [0.3, 0.4) is 0 Å². The number of halogens is 3. The minimum atomic E-state index is -0.604. The highest BCUT2D eigenvalue weighted by Crippen LogP contribution is 2.32. The average molecular weight is 488 g/mol. The minimum absolute atomic E-state index is 0.0712. The van der Waals surface area contributed by atoms with Crippen LogP contribution < -0.4 is 10.2 Å². The first-order valence-electron chi connectivity index (χ1n) is 9.49. The van der Waals surface area contributed by atoms with Crippen LogP contribution in [0.15, 0.2) is 54.1 Å². The third kappa shape index (κ3) is 3.95. The van der Waals surface area contributed by atoms with E-state index >= 15 is 0 Å². The van der Waals surface area contributed by atoms with E-state index in [-0.39, 0.29) is 21.5 Å². The number of nitrogens with one attached hydrogen (secondary N) is 1. The number of carbonyl (C=O) groups is 2. The first-order valence-corrected chi connectivity index (χ1v) is 10.6. The zero-order valence-corrected chi connectivity index (χ0v) is 19.3. The summed E-state index contributed by atoms with van der Waals surface area (Å²) < 4.78 is 15.2. The van der Waals surface area contributed by atoms with Crippen LogP contribution in [0.4, 0.5) is 10.1 Å². The normalized spacial score (nSPS) is 15.5. The molecule has 1 aliphatic rings. The molecule has 2 heterocycles. The van der Waals surface area contributed by atoms with Gasteiger partial charge in [-0.25, -0.2) is 4.39 Å². The topological polar surface area (TPSA) is 54.3 Å². The fraction of sp³-hybridized carbons (Fsp3) is 0.0870. The van der Waals surface area contributed by atoms with Gasteiger partial charge in [0.1, 0.15) is 11.4 Å². The smallest absolute Gasteiger partial charge is 0.270 e. The zero-order valence-electron chi connectivity index (χ0n) is 16.9. The van der Waals surface area contributed by atoms with Crippen LogP contribution in [0, 0.1) is 19.7 Å². The van der Waals surface area contributed by atoms with E-state index in [4.69, 9.17) is 35.4 Å². The Morgan fingerprint density at radius 3 is 2.38 bits per heavy atom. The maximum atomic E-state index is 13.3. The van der Waals surface area contributed by atoms with Crippen LogP contribution in [-0.2, 0) is 9.59 Å². The molecule has 32 heavy (non-hydrogen) atoms. The molecule has 162 valence electrons. The second kappa shape index (κ2) is 8.50. The van der Waals surface area contributed by atoms with Crippen LogP contribution in [0.5, 0.6) is 0 Å². The number of aromatic nitrogens is 1. The van der Waals surface area contributed by atoms with Crippen LogP contribution >= 0.6 is 35.4 Å². The van der Waals surface area contributed by atoms with Crippen molar-refractivity contribution in [1.82, 2.24) is 9.88 Å². The number of hydrogen-bond donors (Lipinski definition) is 1. The molecule has 0 radical (unpaired) electrons. The van der Waals surface area contributed by atoms with Crippen molar-refractivity contribution < 1.29 is 14.0 Å². The number of benzene rings is 2. The molecule has 9 heteroatoms. The van der Waals surface area contributed by atoms with Crippen molar-refractivity contribution >= 4 is 64.1 Å². The van der Waals surface area contributed by atoms with Crippen molar-refractivity contribution in [3.05, 3.63) is 86.9 Å². The maximum absolute atomic E-state index is 13.3. The lowest BCUT2D eigenvalue weighted by Crippen LogP contribution is -2.54. The lowest BCUT2D eigenvalue weighted by Gasteiger charge is -2.29. The van der Waals surface area contributed by atoms with Gasteiger partial charge in [0.15, 0.2) is 5.11 Å². The molecular formula is C23H16Cl2FN3O2S. The molecule has 1 N–H and O–H groups in total. The number of aryl methyl sites for hydroxylation is 1. The Bertz CT molecular complexity index is 1320. The number of anilines is 1.